The molecule has 0 fully saturated rings. The zero-order valence-corrected chi connectivity index (χ0v) is 15.0. The van der Waals surface area contributed by atoms with E-state index in [-0.39, 0.29) is 0 Å². The Kier molecular flexibility index (Phi) is 2.52. The van der Waals surface area contributed by atoms with Gasteiger partial charge in [0.1, 0.15) is 0 Å². The van der Waals surface area contributed by atoms with Crippen molar-refractivity contribution in [2.75, 3.05) is 0 Å². The molecule has 5 aromatic carbocycles. The van der Waals surface area contributed by atoms with Crippen molar-refractivity contribution in [2.24, 2.45) is 9.98 Å². The predicted molar refractivity (Wildman–Crippen MR) is 120 cm³/mol. The molecule has 0 aromatic heterocycles. The predicted octanol–water partition coefficient (Wildman–Crippen LogP) is 4.64. The van der Waals surface area contributed by atoms with Crippen molar-refractivity contribution >= 4 is 67.9 Å². The van der Waals surface area contributed by atoms with Crippen LogP contribution in [-0.2, 0) is 0 Å². The van der Waals surface area contributed by atoms with Gasteiger partial charge in [-0.3, -0.25) is 9.98 Å². The highest BCUT2D eigenvalue weighted by Gasteiger charge is 2.07. The average molecular weight is 354 g/mol. The van der Waals surface area contributed by atoms with Crippen LogP contribution in [0.2, 0.25) is 0 Å². The van der Waals surface area contributed by atoms with Crippen LogP contribution in [0.3, 0.4) is 0 Å². The van der Waals surface area contributed by atoms with Gasteiger partial charge in [0.15, 0.2) is 0 Å². The molecule has 2 aliphatic heterocycles. The Labute approximate surface area is 160 Å². The minimum absolute atomic E-state index is 1.20. The lowest BCUT2D eigenvalue weighted by atomic mass is 9.96. The maximum absolute atomic E-state index is 4.28. The van der Waals surface area contributed by atoms with Crippen LogP contribution in [-0.4, -0.2) is 12.4 Å². The minimum atomic E-state index is 1.20. The highest BCUT2D eigenvalue weighted by atomic mass is 14.7. The van der Waals surface area contributed by atoms with Gasteiger partial charge < -0.3 is 0 Å². The van der Waals surface area contributed by atoms with E-state index in [1.54, 1.807) is 0 Å². The van der Waals surface area contributed by atoms with Crippen molar-refractivity contribution in [1.29, 1.82) is 0 Å². The third-order valence-corrected chi connectivity index (χ3v) is 5.96. The number of benzene rings is 5. The average Bonchev–Trinajstić information content (AvgIpc) is 3.33. The summed E-state index contributed by atoms with van der Waals surface area (Å²) in [5, 5.41) is 12.5. The second-order valence-electron chi connectivity index (χ2n) is 7.72. The lowest BCUT2D eigenvalue weighted by molar-refractivity contribution is 1.66. The molecule has 0 aliphatic carbocycles. The summed E-state index contributed by atoms with van der Waals surface area (Å²) in [7, 11) is 0. The Morgan fingerprint density at radius 3 is 1.07 bits per heavy atom. The van der Waals surface area contributed by atoms with Crippen LogP contribution < -0.4 is 10.4 Å². The van der Waals surface area contributed by atoms with Gasteiger partial charge >= 0.3 is 0 Å². The van der Waals surface area contributed by atoms with Crippen LogP contribution in [0.5, 0.6) is 0 Å². The Hall–Kier alpha value is -3.78. The molecule has 0 unspecified atom stereocenters. The molecule has 7 rings (SSSR count). The van der Waals surface area contributed by atoms with Crippen molar-refractivity contribution in [2.45, 2.75) is 0 Å². The largest absolute Gasteiger partial charge is 0.263 e. The second-order valence-corrected chi connectivity index (χ2v) is 7.72. The molecule has 0 amide bonds. The van der Waals surface area contributed by atoms with Crippen LogP contribution in [0.1, 0.15) is 11.1 Å². The Morgan fingerprint density at radius 1 is 0.357 bits per heavy atom. The Morgan fingerprint density at radius 2 is 0.679 bits per heavy atom. The summed E-state index contributed by atoms with van der Waals surface area (Å²) in [5.74, 6) is 0. The summed E-state index contributed by atoms with van der Waals surface area (Å²) in [5.41, 5.74) is 2.40. The molecule has 0 spiro atoms. The Balaban J connectivity index is 1.56. The summed E-state index contributed by atoms with van der Waals surface area (Å²) in [6, 6.07) is 22.8. The third kappa shape index (κ3) is 1.92. The fourth-order valence-corrected chi connectivity index (χ4v) is 4.52. The molecule has 2 nitrogen and oxygen atoms in total. The molecule has 2 aliphatic rings. The fourth-order valence-electron chi connectivity index (χ4n) is 4.52. The Bertz CT molecular complexity index is 1570. The molecule has 0 saturated carbocycles. The minimum Gasteiger partial charge on any atom is -0.263 e. The van der Waals surface area contributed by atoms with E-state index in [0.29, 0.717) is 0 Å². The van der Waals surface area contributed by atoms with Crippen molar-refractivity contribution in [3.63, 3.8) is 0 Å². The molecular formula is C26H14N2. The van der Waals surface area contributed by atoms with Gasteiger partial charge in [-0.1, -0.05) is 0 Å². The number of hydrogen-bond acceptors (Lipinski definition) is 2. The monoisotopic (exact) mass is 354 g/mol. The van der Waals surface area contributed by atoms with Crippen LogP contribution in [0.4, 0.5) is 0 Å². The van der Waals surface area contributed by atoms with Crippen LogP contribution in [0.15, 0.2) is 70.6 Å². The fraction of sp³-hybridized carbons (Fsp3) is 0. The maximum Gasteiger partial charge on any atom is 0.0347 e. The first kappa shape index (κ1) is 14.3. The standard InChI is InChI=1S/C26H14N2/c1-15-3-19-7-23-11-27-13-25(23)9-21(19)5-17(15)2-18-6-22-10-26-14-28-12-24(26)8-20(22)4-16(1)18/h1-14H. The highest BCUT2D eigenvalue weighted by Crippen LogP contribution is 2.30. The van der Waals surface area contributed by atoms with E-state index >= 15 is 0 Å². The molecule has 0 radical (unpaired) electrons. The molecule has 0 N–H and O–H groups in total. The third-order valence-electron chi connectivity index (χ3n) is 5.96. The van der Waals surface area contributed by atoms with E-state index in [0.717, 1.165) is 0 Å². The van der Waals surface area contributed by atoms with E-state index in [9.17, 15) is 0 Å². The number of hydrogen-bond donors (Lipinski definition) is 0. The summed E-state index contributed by atoms with van der Waals surface area (Å²) in [6.07, 6.45) is 7.74. The first-order valence-corrected chi connectivity index (χ1v) is 9.46. The molecule has 2 heteroatoms. The van der Waals surface area contributed by atoms with Gasteiger partial charge in [0.2, 0.25) is 0 Å². The maximum atomic E-state index is 4.28. The van der Waals surface area contributed by atoms with Gasteiger partial charge in [-0.25, -0.2) is 0 Å². The van der Waals surface area contributed by atoms with Crippen LogP contribution in [0.25, 0.3) is 55.5 Å². The summed E-state index contributed by atoms with van der Waals surface area (Å²) in [4.78, 5) is 8.57. The molecule has 0 saturated heterocycles. The lowest BCUT2D eigenvalue weighted by Gasteiger charge is -2.08. The smallest absolute Gasteiger partial charge is 0.0347 e. The van der Waals surface area contributed by atoms with Crippen LogP contribution in [0, 0.1) is 0 Å². The number of aliphatic imine (C=N–C) groups is 2. The number of rotatable bonds is 0. The van der Waals surface area contributed by atoms with Gasteiger partial charge in [0.25, 0.3) is 0 Å². The van der Waals surface area contributed by atoms with Gasteiger partial charge in [0, 0.05) is 46.4 Å². The highest BCUT2D eigenvalue weighted by molar-refractivity contribution is 6.09. The molecule has 0 atom stereocenters. The van der Waals surface area contributed by atoms with E-state index in [1.807, 2.05) is 24.8 Å². The van der Waals surface area contributed by atoms with Crippen molar-refractivity contribution in [3.8, 4) is 0 Å². The van der Waals surface area contributed by atoms with Gasteiger partial charge in [-0.05, 0) is 104 Å². The number of nitrogens with zero attached hydrogens (tertiary/aromatic N) is 2. The second kappa shape index (κ2) is 4.93. The topological polar surface area (TPSA) is 24.7 Å². The molecular weight excluding hydrogens is 340 g/mol. The normalized spacial score (nSPS) is 14.0. The summed E-state index contributed by atoms with van der Waals surface area (Å²) < 4.78 is 0. The quantitative estimate of drug-likeness (QED) is 0.362. The summed E-state index contributed by atoms with van der Waals surface area (Å²) >= 11 is 0. The summed E-state index contributed by atoms with van der Waals surface area (Å²) in [6.45, 7) is 0. The van der Waals surface area contributed by atoms with Crippen molar-refractivity contribution in [3.05, 3.63) is 82.2 Å². The van der Waals surface area contributed by atoms with Gasteiger partial charge in [-0.15, -0.1) is 0 Å². The number of fused-ring (bicyclic) bond motifs is 6. The molecule has 0 bridgehead atoms. The van der Waals surface area contributed by atoms with E-state index in [1.165, 1.54) is 64.7 Å². The zero-order valence-electron chi connectivity index (χ0n) is 15.0. The zero-order chi connectivity index (χ0) is 18.2. The first-order valence-electron chi connectivity index (χ1n) is 9.46. The van der Waals surface area contributed by atoms with E-state index in [2.05, 4.69) is 70.6 Å². The lowest BCUT2D eigenvalue weighted by Crippen LogP contribution is -2.03. The van der Waals surface area contributed by atoms with Crippen molar-refractivity contribution in [1.82, 2.24) is 0 Å². The van der Waals surface area contributed by atoms with Crippen molar-refractivity contribution < 1.29 is 0 Å². The molecule has 2 heterocycles. The van der Waals surface area contributed by atoms with Gasteiger partial charge in [-0.2, -0.15) is 0 Å². The van der Waals surface area contributed by atoms with Gasteiger partial charge in [0.05, 0.1) is 0 Å². The van der Waals surface area contributed by atoms with Crippen LogP contribution >= 0.6 is 0 Å². The SMILES string of the molecule is C1=NC=c2cc3cc4cc5cc6cc7c(cc6cc5cc4cc3cc21)=CN=C7. The first-order chi connectivity index (χ1) is 13.8. The molecule has 5 aromatic rings. The van der Waals surface area contributed by atoms with E-state index in [4.69, 9.17) is 0 Å². The molecule has 128 valence electrons. The molecule has 28 heavy (non-hydrogen) atoms. The van der Waals surface area contributed by atoms with E-state index < -0.39 is 0 Å².